The molecule has 2 rings (SSSR count). The van der Waals surface area contributed by atoms with Crippen molar-refractivity contribution in [3.8, 4) is 17.2 Å². The number of guanidine groups is 1. The molecule has 0 saturated heterocycles. The van der Waals surface area contributed by atoms with E-state index < -0.39 is 11.7 Å². The number of hydrogen-bond donors (Lipinski definition) is 2. The lowest BCUT2D eigenvalue weighted by Gasteiger charge is -2.16. The van der Waals surface area contributed by atoms with Crippen LogP contribution in [0.25, 0.3) is 0 Å². The first-order chi connectivity index (χ1) is 14.3. The Morgan fingerprint density at radius 2 is 1.48 bits per heavy atom. The molecule has 0 unspecified atom stereocenters. The zero-order chi connectivity index (χ0) is 22.1. The number of nitrogens with one attached hydrogen (secondary N) is 2. The van der Waals surface area contributed by atoms with E-state index in [1.165, 1.54) is 12.1 Å². The minimum atomic E-state index is -4.35. The number of hydrogen-bond acceptors (Lipinski definition) is 4. The Morgan fingerprint density at radius 3 is 2.00 bits per heavy atom. The number of aliphatic imine (C=N–C) groups is 1. The van der Waals surface area contributed by atoms with Gasteiger partial charge in [-0.05, 0) is 30.7 Å². The Kier molecular flexibility index (Phi) is 10.7. The number of methoxy groups -OCH3 is 3. The molecule has 0 aliphatic heterocycles. The molecule has 172 valence electrons. The highest BCUT2D eigenvalue weighted by molar-refractivity contribution is 14.0. The van der Waals surface area contributed by atoms with Gasteiger partial charge in [-0.2, -0.15) is 13.2 Å². The highest BCUT2D eigenvalue weighted by atomic mass is 127. The van der Waals surface area contributed by atoms with E-state index in [-0.39, 0.29) is 30.5 Å². The van der Waals surface area contributed by atoms with Crippen molar-refractivity contribution in [3.05, 3.63) is 53.1 Å². The van der Waals surface area contributed by atoms with Crippen LogP contribution in [0.2, 0.25) is 0 Å². The number of nitrogens with zero attached hydrogens (tertiary/aromatic N) is 1. The van der Waals surface area contributed by atoms with Crippen molar-refractivity contribution in [2.24, 2.45) is 4.99 Å². The number of benzene rings is 2. The van der Waals surface area contributed by atoms with Crippen molar-refractivity contribution in [1.82, 2.24) is 10.6 Å². The van der Waals surface area contributed by atoms with Gasteiger partial charge in [-0.3, -0.25) is 0 Å². The van der Waals surface area contributed by atoms with Gasteiger partial charge in [-0.1, -0.05) is 12.1 Å². The summed E-state index contributed by atoms with van der Waals surface area (Å²) in [7, 11) is 4.66. The summed E-state index contributed by atoms with van der Waals surface area (Å²) in [4.78, 5) is 4.44. The molecule has 2 N–H and O–H groups in total. The van der Waals surface area contributed by atoms with Crippen LogP contribution in [0.4, 0.5) is 13.2 Å². The monoisotopic (exact) mass is 553 g/mol. The molecule has 0 saturated carbocycles. The molecule has 0 fully saturated rings. The van der Waals surface area contributed by atoms with Crippen LogP contribution in [0.5, 0.6) is 17.2 Å². The van der Waals surface area contributed by atoms with Crippen molar-refractivity contribution >= 4 is 29.9 Å². The van der Waals surface area contributed by atoms with Crippen LogP contribution in [0.1, 0.15) is 23.6 Å². The summed E-state index contributed by atoms with van der Waals surface area (Å²) < 4.78 is 54.1. The van der Waals surface area contributed by atoms with E-state index in [1.54, 1.807) is 27.4 Å². The maximum Gasteiger partial charge on any atom is 0.416 e. The van der Waals surface area contributed by atoms with Gasteiger partial charge in [0.05, 0.1) is 33.4 Å². The first-order valence-corrected chi connectivity index (χ1v) is 9.29. The predicted octanol–water partition coefficient (Wildman–Crippen LogP) is 4.60. The quantitative estimate of drug-likeness (QED) is 0.284. The van der Waals surface area contributed by atoms with Gasteiger partial charge < -0.3 is 24.8 Å². The second-order valence-electron chi connectivity index (χ2n) is 6.26. The molecule has 0 aromatic heterocycles. The fraction of sp³-hybridized carbons (Fsp3) is 0.381. The van der Waals surface area contributed by atoms with Crippen molar-refractivity contribution in [3.63, 3.8) is 0 Å². The average molecular weight is 553 g/mol. The number of alkyl halides is 3. The second kappa shape index (κ2) is 12.5. The fourth-order valence-corrected chi connectivity index (χ4v) is 2.72. The van der Waals surface area contributed by atoms with Crippen molar-refractivity contribution in [2.45, 2.75) is 26.2 Å². The van der Waals surface area contributed by atoms with Gasteiger partial charge in [-0.25, -0.2) is 4.99 Å². The van der Waals surface area contributed by atoms with Crippen LogP contribution in [-0.2, 0) is 19.3 Å². The van der Waals surface area contributed by atoms with E-state index in [2.05, 4.69) is 15.6 Å². The standard InChI is InChI=1S/C21H26F3N3O3.HI/c1-5-25-20(26-12-14-6-8-16(9-7-14)21(22,23)24)27-13-15-10-18(29-3)19(30-4)11-17(15)28-2;/h6-11H,5,12-13H2,1-4H3,(H2,25,26,27);1H. The number of ether oxygens (including phenoxy) is 3. The second-order valence-corrected chi connectivity index (χ2v) is 6.26. The van der Waals surface area contributed by atoms with Gasteiger partial charge in [0.2, 0.25) is 0 Å². The van der Waals surface area contributed by atoms with Gasteiger partial charge >= 0.3 is 6.18 Å². The first kappa shape index (κ1) is 26.7. The van der Waals surface area contributed by atoms with Crippen LogP contribution in [0, 0.1) is 0 Å². The Labute approximate surface area is 197 Å². The maximum absolute atomic E-state index is 12.7. The molecule has 0 bridgehead atoms. The van der Waals surface area contributed by atoms with Crippen molar-refractivity contribution < 1.29 is 27.4 Å². The Hall–Kier alpha value is -2.37. The van der Waals surface area contributed by atoms with E-state index in [9.17, 15) is 13.2 Å². The van der Waals surface area contributed by atoms with Gasteiger partial charge in [0.25, 0.3) is 0 Å². The van der Waals surface area contributed by atoms with Crippen LogP contribution < -0.4 is 24.8 Å². The van der Waals surface area contributed by atoms with E-state index >= 15 is 0 Å². The third-order valence-corrected chi connectivity index (χ3v) is 4.28. The molecule has 2 aromatic rings. The summed E-state index contributed by atoms with van der Waals surface area (Å²) in [6.45, 7) is 3.17. The maximum atomic E-state index is 12.7. The molecule has 0 atom stereocenters. The SMILES string of the molecule is CCNC(=NCc1ccc(C(F)(F)F)cc1)NCc1cc(OC)c(OC)cc1OC.I. The highest BCUT2D eigenvalue weighted by Gasteiger charge is 2.29. The Morgan fingerprint density at radius 1 is 0.903 bits per heavy atom. The average Bonchev–Trinajstić information content (AvgIpc) is 2.74. The zero-order valence-electron chi connectivity index (χ0n) is 17.8. The molecular formula is C21H27F3IN3O3. The van der Waals surface area contributed by atoms with E-state index in [1.807, 2.05) is 13.0 Å². The lowest BCUT2D eigenvalue weighted by atomic mass is 10.1. The predicted molar refractivity (Wildman–Crippen MR) is 125 cm³/mol. The van der Waals surface area contributed by atoms with Crippen LogP contribution in [0.3, 0.4) is 0 Å². The minimum absolute atomic E-state index is 0. The molecule has 6 nitrogen and oxygen atoms in total. The summed E-state index contributed by atoms with van der Waals surface area (Å²) in [5, 5.41) is 6.30. The number of halogens is 4. The molecular weight excluding hydrogens is 526 g/mol. The van der Waals surface area contributed by atoms with Gasteiger partial charge in [0.15, 0.2) is 17.5 Å². The molecule has 0 spiro atoms. The third-order valence-electron chi connectivity index (χ3n) is 4.28. The normalized spacial score (nSPS) is 11.4. The van der Waals surface area contributed by atoms with Crippen LogP contribution >= 0.6 is 24.0 Å². The van der Waals surface area contributed by atoms with Crippen LogP contribution in [-0.4, -0.2) is 33.8 Å². The minimum Gasteiger partial charge on any atom is -0.496 e. The van der Waals surface area contributed by atoms with E-state index in [0.717, 1.165) is 17.7 Å². The summed E-state index contributed by atoms with van der Waals surface area (Å²) in [6.07, 6.45) is -4.35. The summed E-state index contributed by atoms with van der Waals surface area (Å²) >= 11 is 0. The van der Waals surface area contributed by atoms with Gasteiger partial charge in [0, 0.05) is 24.7 Å². The first-order valence-electron chi connectivity index (χ1n) is 9.29. The third kappa shape index (κ3) is 7.67. The molecule has 0 heterocycles. The molecule has 31 heavy (non-hydrogen) atoms. The topological polar surface area (TPSA) is 64.1 Å². The number of rotatable bonds is 8. The smallest absolute Gasteiger partial charge is 0.416 e. The zero-order valence-corrected chi connectivity index (χ0v) is 20.1. The molecule has 0 amide bonds. The molecule has 0 aliphatic rings. The summed E-state index contributed by atoms with van der Waals surface area (Å²) in [6, 6.07) is 8.51. The Balaban J connectivity index is 0.00000480. The lowest BCUT2D eigenvalue weighted by molar-refractivity contribution is -0.137. The lowest BCUT2D eigenvalue weighted by Crippen LogP contribution is -2.36. The van der Waals surface area contributed by atoms with Crippen molar-refractivity contribution in [2.75, 3.05) is 27.9 Å². The summed E-state index contributed by atoms with van der Waals surface area (Å²) in [5.74, 6) is 2.27. The van der Waals surface area contributed by atoms with E-state index in [0.29, 0.717) is 41.9 Å². The Bertz CT molecular complexity index is 859. The van der Waals surface area contributed by atoms with Crippen LogP contribution in [0.15, 0.2) is 41.4 Å². The largest absolute Gasteiger partial charge is 0.496 e. The summed E-state index contributed by atoms with van der Waals surface area (Å²) in [5.41, 5.74) is 0.819. The fourth-order valence-electron chi connectivity index (χ4n) is 2.72. The molecule has 2 aromatic carbocycles. The molecule has 10 heteroatoms. The van der Waals surface area contributed by atoms with E-state index in [4.69, 9.17) is 14.2 Å². The van der Waals surface area contributed by atoms with Gasteiger partial charge in [-0.15, -0.1) is 24.0 Å². The highest BCUT2D eigenvalue weighted by Crippen LogP contribution is 2.34. The van der Waals surface area contributed by atoms with Gasteiger partial charge in [0.1, 0.15) is 5.75 Å². The molecule has 0 radical (unpaired) electrons. The molecule has 0 aliphatic carbocycles. The van der Waals surface area contributed by atoms with Crippen molar-refractivity contribution in [1.29, 1.82) is 0 Å².